The Balaban J connectivity index is 2.34. The Morgan fingerprint density at radius 2 is 1.94 bits per heavy atom. The Morgan fingerprint density at radius 3 is 2.50 bits per heavy atom. The summed E-state index contributed by atoms with van der Waals surface area (Å²) >= 11 is 0. The van der Waals surface area contributed by atoms with Gasteiger partial charge in [-0.1, -0.05) is 12.2 Å². The predicted molar refractivity (Wildman–Crippen MR) is 69.1 cm³/mol. The second kappa shape index (κ2) is 4.91. The summed E-state index contributed by atoms with van der Waals surface area (Å²) in [5.74, 6) is -1.22. The summed E-state index contributed by atoms with van der Waals surface area (Å²) in [4.78, 5) is 24.2. The zero-order chi connectivity index (χ0) is 13.1. The molecular weight excluding hydrogens is 232 g/mol. The molecule has 1 aliphatic heterocycles. The van der Waals surface area contributed by atoms with Crippen LogP contribution in [0.1, 0.15) is 17.3 Å². The van der Waals surface area contributed by atoms with Gasteiger partial charge in [-0.2, -0.15) is 0 Å². The first-order valence-corrected chi connectivity index (χ1v) is 5.63. The summed E-state index contributed by atoms with van der Waals surface area (Å²) in [6.07, 6.45) is 3.99. The van der Waals surface area contributed by atoms with E-state index in [0.717, 1.165) is 0 Å². The number of nitrogens with zero attached hydrogens (tertiary/aromatic N) is 1. The topological polar surface area (TPSA) is 69.6 Å². The van der Waals surface area contributed by atoms with Gasteiger partial charge in [0.2, 0.25) is 5.91 Å². The van der Waals surface area contributed by atoms with Crippen molar-refractivity contribution in [3.05, 3.63) is 35.9 Å². The molecule has 1 aliphatic rings. The third-order valence-corrected chi connectivity index (χ3v) is 2.71. The molecule has 5 nitrogen and oxygen atoms in total. The molecule has 18 heavy (non-hydrogen) atoms. The van der Waals surface area contributed by atoms with Gasteiger partial charge in [0.1, 0.15) is 0 Å². The van der Waals surface area contributed by atoms with Crippen LogP contribution in [-0.2, 0) is 4.79 Å². The van der Waals surface area contributed by atoms with E-state index in [4.69, 9.17) is 0 Å². The molecule has 1 aromatic carbocycles. The molecule has 0 fully saturated rings. The standard InChI is InChI=1S/C13H14N2O3/c1-9(16)14-10-4-5-12(11(8-10)13(17)18)15-6-2-3-7-15/h2-5,8H,6-7H2,1H3,(H,14,16)(H,17,18). The van der Waals surface area contributed by atoms with Crippen LogP contribution in [0.2, 0.25) is 0 Å². The fourth-order valence-electron chi connectivity index (χ4n) is 1.94. The minimum atomic E-state index is -0.996. The van der Waals surface area contributed by atoms with Crippen LogP contribution in [-0.4, -0.2) is 30.1 Å². The molecule has 0 atom stereocenters. The van der Waals surface area contributed by atoms with Crippen LogP contribution in [0.15, 0.2) is 30.4 Å². The number of rotatable bonds is 3. The number of hydrogen-bond acceptors (Lipinski definition) is 3. The monoisotopic (exact) mass is 246 g/mol. The molecule has 5 heteroatoms. The molecule has 0 aliphatic carbocycles. The lowest BCUT2D eigenvalue weighted by molar-refractivity contribution is -0.114. The summed E-state index contributed by atoms with van der Waals surface area (Å²) < 4.78 is 0. The van der Waals surface area contributed by atoms with Gasteiger partial charge >= 0.3 is 5.97 Å². The largest absolute Gasteiger partial charge is 0.478 e. The van der Waals surface area contributed by atoms with Crippen molar-refractivity contribution in [1.82, 2.24) is 0 Å². The number of carboxylic acids is 1. The maximum Gasteiger partial charge on any atom is 0.337 e. The summed E-state index contributed by atoms with van der Waals surface area (Å²) in [5, 5.41) is 11.8. The fraction of sp³-hybridized carbons (Fsp3) is 0.231. The summed E-state index contributed by atoms with van der Waals surface area (Å²) in [6.45, 7) is 2.80. The number of hydrogen-bond donors (Lipinski definition) is 2. The van der Waals surface area contributed by atoms with Crippen LogP contribution in [0, 0.1) is 0 Å². The van der Waals surface area contributed by atoms with Gasteiger partial charge in [-0.3, -0.25) is 4.79 Å². The number of carbonyl (C=O) groups is 2. The highest BCUT2D eigenvalue weighted by atomic mass is 16.4. The van der Waals surface area contributed by atoms with Crippen LogP contribution >= 0.6 is 0 Å². The van der Waals surface area contributed by atoms with Crippen LogP contribution in [0.25, 0.3) is 0 Å². The van der Waals surface area contributed by atoms with Crippen molar-refractivity contribution in [2.75, 3.05) is 23.3 Å². The van der Waals surface area contributed by atoms with Gasteiger partial charge in [0, 0.05) is 25.7 Å². The van der Waals surface area contributed by atoms with Gasteiger partial charge in [-0.25, -0.2) is 4.79 Å². The molecule has 1 heterocycles. The second-order valence-electron chi connectivity index (χ2n) is 4.09. The molecule has 0 bridgehead atoms. The van der Waals surface area contributed by atoms with E-state index in [-0.39, 0.29) is 11.5 Å². The number of carboxylic acid groups (broad SMARTS) is 1. The minimum absolute atomic E-state index is 0.199. The smallest absolute Gasteiger partial charge is 0.337 e. The van der Waals surface area contributed by atoms with E-state index in [1.54, 1.807) is 12.1 Å². The maximum atomic E-state index is 11.3. The summed E-state index contributed by atoms with van der Waals surface area (Å²) in [5.41, 5.74) is 1.36. The Bertz CT molecular complexity index is 515. The van der Waals surface area contributed by atoms with Crippen molar-refractivity contribution in [2.24, 2.45) is 0 Å². The van der Waals surface area contributed by atoms with E-state index < -0.39 is 5.97 Å². The third-order valence-electron chi connectivity index (χ3n) is 2.71. The highest BCUT2D eigenvalue weighted by Gasteiger charge is 2.17. The van der Waals surface area contributed by atoms with Crippen LogP contribution < -0.4 is 10.2 Å². The Kier molecular flexibility index (Phi) is 3.32. The molecule has 0 aromatic heterocycles. The van der Waals surface area contributed by atoms with Crippen LogP contribution in [0.4, 0.5) is 11.4 Å². The van der Waals surface area contributed by atoms with Crippen molar-refractivity contribution in [2.45, 2.75) is 6.92 Å². The van der Waals surface area contributed by atoms with E-state index in [2.05, 4.69) is 5.32 Å². The normalized spacial score (nSPS) is 13.7. The van der Waals surface area contributed by atoms with Gasteiger partial charge in [0.25, 0.3) is 0 Å². The van der Waals surface area contributed by atoms with Crippen molar-refractivity contribution in [1.29, 1.82) is 0 Å². The van der Waals surface area contributed by atoms with Crippen molar-refractivity contribution in [3.63, 3.8) is 0 Å². The maximum absolute atomic E-state index is 11.3. The van der Waals surface area contributed by atoms with Crippen molar-refractivity contribution < 1.29 is 14.7 Å². The number of nitrogens with one attached hydrogen (secondary N) is 1. The molecule has 0 saturated carbocycles. The molecule has 2 rings (SSSR count). The van der Waals surface area contributed by atoms with E-state index in [0.29, 0.717) is 24.5 Å². The zero-order valence-corrected chi connectivity index (χ0v) is 10.0. The Hall–Kier alpha value is -2.30. The lowest BCUT2D eigenvalue weighted by atomic mass is 10.1. The fourth-order valence-corrected chi connectivity index (χ4v) is 1.94. The number of aromatic carboxylic acids is 1. The van der Waals surface area contributed by atoms with Gasteiger partial charge in [-0.05, 0) is 18.2 Å². The molecular formula is C13H14N2O3. The molecule has 0 saturated heterocycles. The second-order valence-corrected chi connectivity index (χ2v) is 4.09. The van der Waals surface area contributed by atoms with Crippen molar-refractivity contribution in [3.8, 4) is 0 Å². The molecule has 2 N–H and O–H groups in total. The number of anilines is 2. The van der Waals surface area contributed by atoms with Crippen molar-refractivity contribution >= 4 is 23.3 Å². The van der Waals surface area contributed by atoms with Gasteiger partial charge in [-0.15, -0.1) is 0 Å². The SMILES string of the molecule is CC(=O)Nc1ccc(N2CC=CC2)c(C(=O)O)c1. The van der Waals surface area contributed by atoms with E-state index in [1.165, 1.54) is 13.0 Å². The lowest BCUT2D eigenvalue weighted by Gasteiger charge is -2.20. The lowest BCUT2D eigenvalue weighted by Crippen LogP contribution is -2.21. The van der Waals surface area contributed by atoms with Crippen LogP contribution in [0.5, 0.6) is 0 Å². The number of carbonyl (C=O) groups excluding carboxylic acids is 1. The molecule has 0 unspecified atom stereocenters. The van der Waals surface area contributed by atoms with Gasteiger partial charge in [0.05, 0.1) is 11.3 Å². The first-order valence-electron chi connectivity index (χ1n) is 5.63. The first kappa shape index (κ1) is 12.2. The average molecular weight is 246 g/mol. The quantitative estimate of drug-likeness (QED) is 0.797. The van der Waals surface area contributed by atoms with E-state index in [9.17, 15) is 14.7 Å². The third kappa shape index (κ3) is 2.51. The van der Waals surface area contributed by atoms with Gasteiger partial charge in [0.15, 0.2) is 0 Å². The molecule has 94 valence electrons. The first-order chi connectivity index (χ1) is 8.58. The van der Waals surface area contributed by atoms with E-state index in [1.807, 2.05) is 17.1 Å². The van der Waals surface area contributed by atoms with E-state index >= 15 is 0 Å². The highest BCUT2D eigenvalue weighted by Crippen LogP contribution is 2.25. The zero-order valence-electron chi connectivity index (χ0n) is 10.0. The Labute approximate surface area is 105 Å². The highest BCUT2D eigenvalue weighted by molar-refractivity contribution is 5.97. The predicted octanol–water partition coefficient (Wildman–Crippen LogP) is 1.72. The minimum Gasteiger partial charge on any atom is -0.478 e. The molecule has 1 amide bonds. The number of amides is 1. The molecule has 0 spiro atoms. The number of benzene rings is 1. The average Bonchev–Trinajstić information content (AvgIpc) is 2.81. The molecule has 1 aromatic rings. The Morgan fingerprint density at radius 1 is 1.28 bits per heavy atom. The summed E-state index contributed by atoms with van der Waals surface area (Å²) in [7, 11) is 0. The summed E-state index contributed by atoms with van der Waals surface area (Å²) in [6, 6.07) is 4.92. The molecule has 0 radical (unpaired) electrons. The van der Waals surface area contributed by atoms with Crippen LogP contribution in [0.3, 0.4) is 0 Å². The van der Waals surface area contributed by atoms with Gasteiger partial charge < -0.3 is 15.3 Å².